The molecule has 26 heavy (non-hydrogen) atoms. The van der Waals surface area contributed by atoms with Crippen LogP contribution in [-0.2, 0) is 0 Å². The highest BCUT2D eigenvalue weighted by Crippen LogP contribution is 2.34. The van der Waals surface area contributed by atoms with Crippen molar-refractivity contribution in [1.29, 1.82) is 0 Å². The first-order valence-corrected chi connectivity index (χ1v) is 8.79. The lowest BCUT2D eigenvalue weighted by Crippen LogP contribution is -2.39. The molecule has 8 heteroatoms. The van der Waals surface area contributed by atoms with Gasteiger partial charge in [0.25, 0.3) is 0 Å². The van der Waals surface area contributed by atoms with E-state index in [9.17, 15) is 0 Å². The summed E-state index contributed by atoms with van der Waals surface area (Å²) in [5.41, 5.74) is 1.61. The third-order valence-electron chi connectivity index (χ3n) is 4.62. The highest BCUT2D eigenvalue weighted by atomic mass is 16.6. The van der Waals surface area contributed by atoms with Crippen LogP contribution in [0.1, 0.15) is 20.3 Å². The molecule has 1 fully saturated rings. The van der Waals surface area contributed by atoms with Crippen LogP contribution in [0.15, 0.2) is 28.9 Å². The summed E-state index contributed by atoms with van der Waals surface area (Å²) < 4.78 is 10.2. The van der Waals surface area contributed by atoms with E-state index >= 15 is 0 Å². The Kier molecular flexibility index (Phi) is 4.32. The van der Waals surface area contributed by atoms with Crippen LogP contribution in [0, 0.1) is 11.8 Å². The number of nitrogens with zero attached hydrogens (tertiary/aromatic N) is 5. The number of hydrogen-bond donors (Lipinski definition) is 1. The van der Waals surface area contributed by atoms with Crippen LogP contribution in [-0.4, -0.2) is 40.5 Å². The molecule has 1 aliphatic rings. The number of nitrogens with one attached hydrogen (secondary N) is 1. The molecule has 0 aliphatic carbocycles. The summed E-state index contributed by atoms with van der Waals surface area (Å²) in [4.78, 5) is 11.5. The van der Waals surface area contributed by atoms with Gasteiger partial charge in [-0.05, 0) is 40.7 Å². The minimum Gasteiger partial charge on any atom is -0.495 e. The second kappa shape index (κ2) is 6.78. The van der Waals surface area contributed by atoms with Crippen LogP contribution in [0.2, 0.25) is 0 Å². The van der Waals surface area contributed by atoms with Crippen LogP contribution >= 0.6 is 0 Å². The lowest BCUT2D eigenvalue weighted by Gasteiger charge is -2.36. The van der Waals surface area contributed by atoms with Gasteiger partial charge in [0, 0.05) is 13.1 Å². The van der Waals surface area contributed by atoms with Crippen molar-refractivity contribution in [2.45, 2.75) is 20.3 Å². The molecule has 136 valence electrons. The van der Waals surface area contributed by atoms with Crippen LogP contribution in [0.5, 0.6) is 5.75 Å². The molecule has 0 radical (unpaired) electrons. The molecule has 3 aromatic rings. The molecule has 2 atom stereocenters. The van der Waals surface area contributed by atoms with Crippen molar-refractivity contribution in [2.75, 3.05) is 30.4 Å². The van der Waals surface area contributed by atoms with E-state index in [2.05, 4.69) is 44.3 Å². The fraction of sp³-hybridized carbons (Fsp3) is 0.444. The number of benzene rings is 1. The molecule has 1 saturated heterocycles. The molecule has 0 saturated carbocycles. The van der Waals surface area contributed by atoms with Gasteiger partial charge in [-0.25, -0.2) is 14.6 Å². The second-order valence-electron chi connectivity index (χ2n) is 6.98. The summed E-state index contributed by atoms with van der Waals surface area (Å²) in [6.07, 6.45) is 1.22. The van der Waals surface area contributed by atoms with Gasteiger partial charge in [-0.2, -0.15) is 0 Å². The number of aromatic nitrogens is 4. The number of fused-ring (bicyclic) bond motifs is 1. The number of anilines is 3. The van der Waals surface area contributed by atoms with Gasteiger partial charge in [0.2, 0.25) is 11.3 Å². The van der Waals surface area contributed by atoms with Gasteiger partial charge in [0.15, 0.2) is 11.6 Å². The van der Waals surface area contributed by atoms with E-state index in [0.717, 1.165) is 30.3 Å². The van der Waals surface area contributed by atoms with E-state index in [1.165, 1.54) is 6.42 Å². The lowest BCUT2D eigenvalue weighted by molar-refractivity contribution is 0.314. The van der Waals surface area contributed by atoms with Gasteiger partial charge in [-0.1, -0.05) is 26.0 Å². The minimum atomic E-state index is 0.379. The predicted molar refractivity (Wildman–Crippen MR) is 98.8 cm³/mol. The highest BCUT2D eigenvalue weighted by Gasteiger charge is 2.26. The first kappa shape index (κ1) is 16.6. The Morgan fingerprint density at radius 1 is 1.08 bits per heavy atom. The van der Waals surface area contributed by atoms with Crippen molar-refractivity contribution in [1.82, 2.24) is 20.3 Å². The number of para-hydroxylation sites is 2. The monoisotopic (exact) mass is 354 g/mol. The zero-order valence-corrected chi connectivity index (χ0v) is 15.1. The topological polar surface area (TPSA) is 89.2 Å². The smallest absolute Gasteiger partial charge is 0.245 e. The summed E-state index contributed by atoms with van der Waals surface area (Å²) in [6, 6.07) is 7.71. The standard InChI is InChI=1S/C18H22N6O2/c1-11-8-12(2)10-24(9-11)18-17(20-15-16(21-18)23-26-22-15)19-13-6-4-5-7-14(13)25-3/h4-7,11-12H,8-10H2,1-3H3,(H,19,20,22)/t11-,12-/m1/s1. The van der Waals surface area contributed by atoms with Crippen molar-refractivity contribution < 1.29 is 9.37 Å². The highest BCUT2D eigenvalue weighted by molar-refractivity contribution is 5.78. The second-order valence-corrected chi connectivity index (χ2v) is 6.98. The normalized spacial score (nSPS) is 20.3. The zero-order chi connectivity index (χ0) is 18.1. The first-order valence-electron chi connectivity index (χ1n) is 8.79. The number of rotatable bonds is 4. The first-order chi connectivity index (χ1) is 12.6. The summed E-state index contributed by atoms with van der Waals surface area (Å²) >= 11 is 0. The van der Waals surface area contributed by atoms with E-state index < -0.39 is 0 Å². The molecular formula is C18H22N6O2. The minimum absolute atomic E-state index is 0.379. The van der Waals surface area contributed by atoms with Crippen LogP contribution in [0.25, 0.3) is 11.3 Å². The zero-order valence-electron chi connectivity index (χ0n) is 15.1. The van der Waals surface area contributed by atoms with Crippen LogP contribution in [0.3, 0.4) is 0 Å². The summed E-state index contributed by atoms with van der Waals surface area (Å²) in [5, 5.41) is 11.0. The summed E-state index contributed by atoms with van der Waals surface area (Å²) in [6.45, 7) is 6.38. The van der Waals surface area contributed by atoms with E-state index in [1.807, 2.05) is 24.3 Å². The maximum absolute atomic E-state index is 5.44. The molecule has 1 aliphatic heterocycles. The number of piperidine rings is 1. The molecule has 1 aromatic carbocycles. The Balaban J connectivity index is 1.77. The average Bonchev–Trinajstić information content (AvgIpc) is 3.08. The third kappa shape index (κ3) is 3.14. The average molecular weight is 354 g/mol. The summed E-state index contributed by atoms with van der Waals surface area (Å²) in [5.74, 6) is 3.30. The predicted octanol–water partition coefficient (Wildman–Crippen LogP) is 3.25. The van der Waals surface area contributed by atoms with Gasteiger partial charge in [0.05, 0.1) is 12.8 Å². The lowest BCUT2D eigenvalue weighted by atomic mass is 9.92. The molecule has 2 aromatic heterocycles. The van der Waals surface area contributed by atoms with Crippen LogP contribution in [0.4, 0.5) is 17.3 Å². The molecule has 0 bridgehead atoms. The molecule has 0 amide bonds. The largest absolute Gasteiger partial charge is 0.495 e. The molecule has 4 rings (SSSR count). The van der Waals surface area contributed by atoms with Crippen molar-refractivity contribution in [3.63, 3.8) is 0 Å². The van der Waals surface area contributed by atoms with Crippen LogP contribution < -0.4 is 15.0 Å². The van der Waals surface area contributed by atoms with E-state index in [4.69, 9.17) is 9.37 Å². The number of methoxy groups -OCH3 is 1. The quantitative estimate of drug-likeness (QED) is 0.764. The Morgan fingerprint density at radius 2 is 1.77 bits per heavy atom. The van der Waals surface area contributed by atoms with Gasteiger partial charge in [0.1, 0.15) is 5.75 Å². The third-order valence-corrected chi connectivity index (χ3v) is 4.62. The molecule has 8 nitrogen and oxygen atoms in total. The van der Waals surface area contributed by atoms with Crippen molar-refractivity contribution in [3.05, 3.63) is 24.3 Å². The molecule has 1 N–H and O–H groups in total. The van der Waals surface area contributed by atoms with Gasteiger partial charge < -0.3 is 15.0 Å². The maximum atomic E-state index is 5.44. The van der Waals surface area contributed by atoms with Gasteiger partial charge in [-0.15, -0.1) is 0 Å². The molecule has 0 unspecified atom stereocenters. The van der Waals surface area contributed by atoms with Crippen molar-refractivity contribution in [3.8, 4) is 5.75 Å². The fourth-order valence-corrected chi connectivity index (χ4v) is 3.65. The fourth-order valence-electron chi connectivity index (χ4n) is 3.65. The molecule has 0 spiro atoms. The Labute approximate surface area is 151 Å². The summed E-state index contributed by atoms with van der Waals surface area (Å²) in [7, 11) is 1.64. The van der Waals surface area contributed by atoms with Gasteiger partial charge in [-0.3, -0.25) is 0 Å². The van der Waals surface area contributed by atoms with E-state index in [-0.39, 0.29) is 0 Å². The maximum Gasteiger partial charge on any atom is 0.245 e. The van der Waals surface area contributed by atoms with Crippen molar-refractivity contribution >= 4 is 28.6 Å². The Hall–Kier alpha value is -2.90. The molecule has 3 heterocycles. The van der Waals surface area contributed by atoms with Gasteiger partial charge >= 0.3 is 0 Å². The Bertz CT molecular complexity index is 902. The van der Waals surface area contributed by atoms with E-state index in [0.29, 0.717) is 28.9 Å². The number of ether oxygens (including phenoxy) is 1. The van der Waals surface area contributed by atoms with Crippen molar-refractivity contribution in [2.24, 2.45) is 11.8 Å². The van der Waals surface area contributed by atoms with E-state index in [1.54, 1.807) is 7.11 Å². The Morgan fingerprint density at radius 3 is 2.50 bits per heavy atom. The number of hydrogen-bond acceptors (Lipinski definition) is 8. The SMILES string of the molecule is COc1ccccc1Nc1nc2nonc2nc1N1C[C@H](C)C[C@@H](C)C1. The molecular weight excluding hydrogens is 332 g/mol.